The maximum atomic E-state index is 14.6. The van der Waals surface area contributed by atoms with E-state index in [9.17, 15) is 19.5 Å². The molecule has 2 bridgehead atoms. The molecule has 1 spiro atoms. The number of aliphatic hydroxyl groups excluding tert-OH is 1. The summed E-state index contributed by atoms with van der Waals surface area (Å²) in [6.07, 6.45) is 3.66. The Bertz CT molecular complexity index is 1080. The van der Waals surface area contributed by atoms with Gasteiger partial charge in [-0.2, -0.15) is 0 Å². The van der Waals surface area contributed by atoms with Gasteiger partial charge in [0.15, 0.2) is 0 Å². The molecule has 1 aromatic carbocycles. The van der Waals surface area contributed by atoms with Gasteiger partial charge in [-0.25, -0.2) is 0 Å². The molecule has 0 saturated carbocycles. The molecule has 8 heteroatoms. The fourth-order valence-electron chi connectivity index (χ4n) is 6.65. The molecular formula is C29H38N2O6. The van der Waals surface area contributed by atoms with Crippen molar-refractivity contribution in [2.45, 2.75) is 64.3 Å². The van der Waals surface area contributed by atoms with Crippen LogP contribution in [0.5, 0.6) is 0 Å². The van der Waals surface area contributed by atoms with Crippen LogP contribution in [0, 0.1) is 31.6 Å². The SMILES string of the molecule is C=CCOC(=O)[C@@H]1[C@@H]2CCC3(O2)C(C(=O)N(CC=C)c2c(C)cccc2C)N([C@@H](CO)C(C)C)C(=O)[C@H]13. The van der Waals surface area contributed by atoms with Crippen molar-refractivity contribution in [2.75, 3.05) is 24.7 Å². The number of likely N-dealkylation sites (tertiary alicyclic amines) is 1. The predicted octanol–water partition coefficient (Wildman–Crippen LogP) is 2.94. The number of para-hydroxylation sites is 1. The highest BCUT2D eigenvalue weighted by atomic mass is 16.6. The molecule has 3 heterocycles. The van der Waals surface area contributed by atoms with Crippen LogP contribution >= 0.6 is 0 Å². The molecule has 200 valence electrons. The molecule has 3 aliphatic heterocycles. The van der Waals surface area contributed by atoms with Gasteiger partial charge < -0.3 is 24.4 Å². The van der Waals surface area contributed by atoms with E-state index in [1.165, 1.54) is 11.0 Å². The second-order valence-electron chi connectivity index (χ2n) is 10.7. The Hall–Kier alpha value is -2.97. The van der Waals surface area contributed by atoms with Crippen LogP contribution < -0.4 is 4.90 Å². The number of fused-ring (bicyclic) bond motifs is 1. The van der Waals surface area contributed by atoms with Crippen molar-refractivity contribution in [1.29, 1.82) is 0 Å². The van der Waals surface area contributed by atoms with E-state index in [1.54, 1.807) is 11.0 Å². The van der Waals surface area contributed by atoms with Gasteiger partial charge in [-0.3, -0.25) is 14.4 Å². The molecule has 6 atom stereocenters. The lowest BCUT2D eigenvalue weighted by Gasteiger charge is -2.41. The summed E-state index contributed by atoms with van der Waals surface area (Å²) < 4.78 is 11.9. The highest BCUT2D eigenvalue weighted by Gasteiger charge is 2.75. The van der Waals surface area contributed by atoms with Gasteiger partial charge in [-0.1, -0.05) is 50.8 Å². The zero-order valence-electron chi connectivity index (χ0n) is 22.2. The zero-order valence-corrected chi connectivity index (χ0v) is 22.2. The summed E-state index contributed by atoms with van der Waals surface area (Å²) >= 11 is 0. The highest BCUT2D eigenvalue weighted by Crippen LogP contribution is 2.59. The third-order valence-electron chi connectivity index (χ3n) is 8.19. The number of nitrogens with zero attached hydrogens (tertiary/aromatic N) is 2. The summed E-state index contributed by atoms with van der Waals surface area (Å²) in [6, 6.07) is 4.21. The van der Waals surface area contributed by atoms with Crippen LogP contribution in [0.2, 0.25) is 0 Å². The molecule has 4 rings (SSSR count). The number of carbonyl (C=O) groups excluding carboxylic acids is 3. The Morgan fingerprint density at radius 3 is 2.51 bits per heavy atom. The van der Waals surface area contributed by atoms with E-state index in [1.807, 2.05) is 45.9 Å². The number of amides is 2. The molecule has 3 aliphatic rings. The smallest absolute Gasteiger partial charge is 0.312 e. The molecule has 0 radical (unpaired) electrons. The van der Waals surface area contributed by atoms with Gasteiger partial charge in [-0.15, -0.1) is 6.58 Å². The normalized spacial score (nSPS) is 28.8. The van der Waals surface area contributed by atoms with Crippen molar-refractivity contribution in [3.63, 3.8) is 0 Å². The quantitative estimate of drug-likeness (QED) is 0.384. The summed E-state index contributed by atoms with van der Waals surface area (Å²) in [5.41, 5.74) is 1.43. The van der Waals surface area contributed by atoms with Gasteiger partial charge in [0, 0.05) is 12.2 Å². The molecule has 2 unspecified atom stereocenters. The number of ether oxygens (including phenoxy) is 2. The molecule has 3 saturated heterocycles. The van der Waals surface area contributed by atoms with E-state index >= 15 is 0 Å². The van der Waals surface area contributed by atoms with Crippen LogP contribution in [0.4, 0.5) is 5.69 Å². The van der Waals surface area contributed by atoms with Crippen molar-refractivity contribution in [3.05, 3.63) is 54.6 Å². The maximum absolute atomic E-state index is 14.6. The first kappa shape index (κ1) is 27.1. The Morgan fingerprint density at radius 2 is 1.95 bits per heavy atom. The van der Waals surface area contributed by atoms with Crippen LogP contribution in [-0.2, 0) is 23.9 Å². The molecule has 0 aliphatic carbocycles. The number of carbonyl (C=O) groups is 3. The van der Waals surface area contributed by atoms with Gasteiger partial charge in [0.2, 0.25) is 5.91 Å². The third kappa shape index (κ3) is 4.20. The Kier molecular flexibility index (Phi) is 7.62. The number of benzene rings is 1. The lowest BCUT2D eigenvalue weighted by molar-refractivity contribution is -0.155. The van der Waals surface area contributed by atoms with Gasteiger partial charge in [0.25, 0.3) is 5.91 Å². The van der Waals surface area contributed by atoms with Crippen LogP contribution in [0.25, 0.3) is 0 Å². The topological polar surface area (TPSA) is 96.4 Å². The summed E-state index contributed by atoms with van der Waals surface area (Å²) in [6.45, 7) is 15.1. The third-order valence-corrected chi connectivity index (χ3v) is 8.19. The van der Waals surface area contributed by atoms with Crippen molar-refractivity contribution in [3.8, 4) is 0 Å². The monoisotopic (exact) mass is 510 g/mol. The van der Waals surface area contributed by atoms with Crippen molar-refractivity contribution in [1.82, 2.24) is 4.90 Å². The lowest BCUT2D eigenvalue weighted by Crippen LogP contribution is -2.60. The second kappa shape index (κ2) is 10.4. The first-order valence-electron chi connectivity index (χ1n) is 13.0. The average molecular weight is 511 g/mol. The molecule has 1 N–H and O–H groups in total. The largest absolute Gasteiger partial charge is 0.461 e. The van der Waals surface area contributed by atoms with Crippen LogP contribution in [-0.4, -0.2) is 71.3 Å². The van der Waals surface area contributed by atoms with Crippen LogP contribution in [0.15, 0.2) is 43.5 Å². The molecule has 8 nitrogen and oxygen atoms in total. The van der Waals surface area contributed by atoms with Gasteiger partial charge in [0.05, 0.1) is 30.6 Å². The van der Waals surface area contributed by atoms with E-state index in [2.05, 4.69) is 13.2 Å². The summed E-state index contributed by atoms with van der Waals surface area (Å²) in [7, 11) is 0. The second-order valence-corrected chi connectivity index (χ2v) is 10.7. The number of hydrogen-bond acceptors (Lipinski definition) is 6. The van der Waals surface area contributed by atoms with E-state index in [0.29, 0.717) is 12.8 Å². The number of hydrogen-bond donors (Lipinski definition) is 1. The highest BCUT2D eigenvalue weighted by molar-refractivity contribution is 6.05. The minimum absolute atomic E-state index is 0.0347. The first-order valence-corrected chi connectivity index (χ1v) is 13.0. The lowest BCUT2D eigenvalue weighted by atomic mass is 9.70. The number of anilines is 1. The van der Waals surface area contributed by atoms with Gasteiger partial charge in [-0.05, 0) is 43.7 Å². The fourth-order valence-corrected chi connectivity index (χ4v) is 6.65. The minimum atomic E-state index is -1.17. The van der Waals surface area contributed by atoms with E-state index in [0.717, 1.165) is 16.8 Å². The fraction of sp³-hybridized carbons (Fsp3) is 0.552. The zero-order chi connectivity index (χ0) is 27.1. The average Bonchev–Trinajstić information content (AvgIpc) is 3.49. The number of esters is 1. The molecule has 37 heavy (non-hydrogen) atoms. The molecule has 3 fully saturated rings. The Labute approximate surface area is 218 Å². The standard InChI is InChI=1S/C29H38N2O6/c1-7-14-30(24-18(5)10-9-11-19(24)6)27(34)25-29-13-12-21(37-29)22(28(35)36-15-8-2)23(29)26(33)31(25)20(16-32)17(3)4/h7-11,17,20-23,25,32H,1-2,12-16H2,3-6H3/t20-,21-,22+,23-,25?,29?/m0/s1. The number of rotatable bonds is 10. The maximum Gasteiger partial charge on any atom is 0.312 e. The molecule has 0 aromatic heterocycles. The van der Waals surface area contributed by atoms with E-state index in [4.69, 9.17) is 9.47 Å². The van der Waals surface area contributed by atoms with Crippen molar-refractivity contribution < 1.29 is 29.0 Å². The van der Waals surface area contributed by atoms with Crippen LogP contribution in [0.1, 0.15) is 37.8 Å². The minimum Gasteiger partial charge on any atom is -0.461 e. The molecular weight excluding hydrogens is 472 g/mol. The summed E-state index contributed by atoms with van der Waals surface area (Å²) in [5, 5.41) is 10.4. The summed E-state index contributed by atoms with van der Waals surface area (Å²) in [5.74, 6) is -2.94. The van der Waals surface area contributed by atoms with E-state index < -0.39 is 41.6 Å². The first-order chi connectivity index (χ1) is 17.6. The van der Waals surface area contributed by atoms with Crippen molar-refractivity contribution in [2.24, 2.45) is 17.8 Å². The molecule has 1 aromatic rings. The predicted molar refractivity (Wildman–Crippen MR) is 140 cm³/mol. The van der Waals surface area contributed by atoms with Crippen LogP contribution in [0.3, 0.4) is 0 Å². The van der Waals surface area contributed by atoms with E-state index in [-0.39, 0.29) is 37.5 Å². The van der Waals surface area contributed by atoms with Gasteiger partial charge >= 0.3 is 5.97 Å². The number of aliphatic hydroxyl groups is 1. The molecule has 2 amide bonds. The Morgan fingerprint density at radius 1 is 1.27 bits per heavy atom. The number of aryl methyl sites for hydroxylation is 2. The van der Waals surface area contributed by atoms with Crippen molar-refractivity contribution >= 4 is 23.5 Å². The Balaban J connectivity index is 1.85. The summed E-state index contributed by atoms with van der Waals surface area (Å²) in [4.78, 5) is 45.0. The van der Waals surface area contributed by atoms with Gasteiger partial charge in [0.1, 0.15) is 18.2 Å².